The predicted octanol–water partition coefficient (Wildman–Crippen LogP) is 4.78. The third kappa shape index (κ3) is 5.50. The van der Waals surface area contributed by atoms with E-state index in [0.717, 1.165) is 30.8 Å². The molecule has 7 nitrogen and oxygen atoms in total. The molecule has 1 unspecified atom stereocenters. The molecule has 36 heavy (non-hydrogen) atoms. The van der Waals surface area contributed by atoms with Crippen molar-refractivity contribution >= 4 is 21.6 Å². The number of ether oxygens (including phenoxy) is 1. The van der Waals surface area contributed by atoms with Crippen molar-refractivity contribution in [2.24, 2.45) is 0 Å². The Morgan fingerprint density at radius 2 is 1.75 bits per heavy atom. The zero-order valence-electron chi connectivity index (χ0n) is 20.1. The molecule has 1 aliphatic rings. The van der Waals surface area contributed by atoms with Crippen LogP contribution in [0.25, 0.3) is 0 Å². The number of hydrogen-bond donors (Lipinski definition) is 2. The molecule has 0 spiro atoms. The summed E-state index contributed by atoms with van der Waals surface area (Å²) in [6.45, 7) is 3.07. The second-order valence-corrected chi connectivity index (χ2v) is 10.8. The largest absolute Gasteiger partial charge is 0.495 e. The molecule has 0 aliphatic carbocycles. The number of sulfone groups is 1. The minimum atomic E-state index is -3.69. The highest BCUT2D eigenvalue weighted by atomic mass is 32.2. The molecule has 3 aromatic rings. The molecule has 0 aromatic heterocycles. The van der Waals surface area contributed by atoms with Crippen molar-refractivity contribution in [3.63, 3.8) is 0 Å². The van der Waals surface area contributed by atoms with Gasteiger partial charge in [0.2, 0.25) is 0 Å². The number of urea groups is 1. The first-order chi connectivity index (χ1) is 17.1. The average molecular weight is 516 g/mol. The normalized spacial score (nSPS) is 14.2. The van der Waals surface area contributed by atoms with Crippen LogP contribution in [0.4, 0.5) is 19.3 Å². The Balaban J connectivity index is 1.48. The summed E-state index contributed by atoms with van der Waals surface area (Å²) in [5.41, 5.74) is 2.95. The van der Waals surface area contributed by atoms with E-state index in [1.54, 1.807) is 0 Å². The molecular weight excluding hydrogens is 488 g/mol. The van der Waals surface area contributed by atoms with Gasteiger partial charge < -0.3 is 15.4 Å². The maximum atomic E-state index is 14.0. The highest BCUT2D eigenvalue weighted by molar-refractivity contribution is 7.90. The molecule has 0 bridgehead atoms. The Kier molecular flexibility index (Phi) is 7.28. The lowest BCUT2D eigenvalue weighted by Gasteiger charge is -2.17. The van der Waals surface area contributed by atoms with Crippen LogP contribution in [-0.2, 0) is 28.7 Å². The molecular formula is C26H27F2N3O4S. The standard InChI is InChI=1S/C26H27F2N3O4S/c1-16(25-21(27)5-4-6-22(25)28)29-26(32)30-23-10-9-20(12-24(23)35-3)36(33,34)15-17-7-8-18-13-31(2)14-19(18)11-17/h4-12,16H,13-15H2,1-3H3,(H2,29,30,32). The third-order valence-corrected chi connectivity index (χ3v) is 7.75. The average Bonchev–Trinajstić information content (AvgIpc) is 3.18. The van der Waals surface area contributed by atoms with Gasteiger partial charge in [0.1, 0.15) is 17.4 Å². The molecule has 2 amide bonds. The number of nitrogens with one attached hydrogen (secondary N) is 2. The van der Waals surface area contributed by atoms with E-state index in [2.05, 4.69) is 15.5 Å². The summed E-state index contributed by atoms with van der Waals surface area (Å²) in [7, 11) is -0.330. The Morgan fingerprint density at radius 1 is 1.06 bits per heavy atom. The number of carbonyl (C=O) groups excluding carboxylic acids is 1. The van der Waals surface area contributed by atoms with E-state index in [4.69, 9.17) is 4.74 Å². The fourth-order valence-corrected chi connectivity index (χ4v) is 5.68. The number of nitrogens with zero attached hydrogens (tertiary/aromatic N) is 1. The monoisotopic (exact) mass is 515 g/mol. The number of benzene rings is 3. The van der Waals surface area contributed by atoms with Crippen LogP contribution in [-0.4, -0.2) is 33.5 Å². The van der Waals surface area contributed by atoms with E-state index < -0.39 is 33.5 Å². The van der Waals surface area contributed by atoms with Crippen LogP contribution in [0.1, 0.15) is 35.2 Å². The summed E-state index contributed by atoms with van der Waals surface area (Å²) >= 11 is 0. The van der Waals surface area contributed by atoms with Gasteiger partial charge in [-0.1, -0.05) is 24.3 Å². The van der Waals surface area contributed by atoms with E-state index in [9.17, 15) is 22.0 Å². The molecule has 190 valence electrons. The molecule has 10 heteroatoms. The van der Waals surface area contributed by atoms with Crippen molar-refractivity contribution in [1.82, 2.24) is 10.2 Å². The smallest absolute Gasteiger partial charge is 0.319 e. The topological polar surface area (TPSA) is 87.7 Å². The van der Waals surface area contributed by atoms with Crippen molar-refractivity contribution in [3.8, 4) is 5.75 Å². The highest BCUT2D eigenvalue weighted by Gasteiger charge is 2.22. The number of carbonyl (C=O) groups is 1. The maximum Gasteiger partial charge on any atom is 0.319 e. The molecule has 2 N–H and O–H groups in total. The van der Waals surface area contributed by atoms with Crippen molar-refractivity contribution in [1.29, 1.82) is 0 Å². The highest BCUT2D eigenvalue weighted by Crippen LogP contribution is 2.30. The first-order valence-electron chi connectivity index (χ1n) is 11.3. The maximum absolute atomic E-state index is 14.0. The van der Waals surface area contributed by atoms with Crippen molar-refractivity contribution in [2.75, 3.05) is 19.5 Å². The Bertz CT molecular complexity index is 1390. The summed E-state index contributed by atoms with van der Waals surface area (Å²) in [4.78, 5) is 14.7. The Hall–Kier alpha value is -3.50. The fourth-order valence-electron chi connectivity index (χ4n) is 4.33. The van der Waals surface area contributed by atoms with Crippen LogP contribution < -0.4 is 15.4 Å². The first-order valence-corrected chi connectivity index (χ1v) is 12.9. The van der Waals surface area contributed by atoms with Gasteiger partial charge in [0.05, 0.1) is 29.5 Å². The van der Waals surface area contributed by atoms with Gasteiger partial charge in [-0.05, 0) is 54.9 Å². The molecule has 4 rings (SSSR count). The molecule has 1 aliphatic heterocycles. The zero-order chi connectivity index (χ0) is 26.0. The van der Waals surface area contributed by atoms with Crippen molar-refractivity contribution < 1.29 is 26.7 Å². The second kappa shape index (κ2) is 10.2. The fraction of sp³-hybridized carbons (Fsp3) is 0.269. The number of fused-ring (bicyclic) bond motifs is 1. The van der Waals surface area contributed by atoms with E-state index in [0.29, 0.717) is 5.56 Å². The molecule has 1 atom stereocenters. The van der Waals surface area contributed by atoms with Gasteiger partial charge in [0.25, 0.3) is 0 Å². The molecule has 1 heterocycles. The summed E-state index contributed by atoms with van der Waals surface area (Å²) < 4.78 is 59.5. The number of anilines is 1. The van der Waals surface area contributed by atoms with Crippen molar-refractivity contribution in [2.45, 2.75) is 36.7 Å². The number of methoxy groups -OCH3 is 1. The number of amides is 2. The van der Waals surface area contributed by atoms with Crippen LogP contribution in [0.5, 0.6) is 5.75 Å². The summed E-state index contributed by atoms with van der Waals surface area (Å²) in [6, 6.07) is 11.6. The van der Waals surface area contributed by atoms with Crippen molar-refractivity contribution in [3.05, 3.63) is 88.5 Å². The van der Waals surface area contributed by atoms with E-state index in [1.165, 1.54) is 43.9 Å². The quantitative estimate of drug-likeness (QED) is 0.473. The van der Waals surface area contributed by atoms with Gasteiger partial charge in [0, 0.05) is 24.7 Å². The van der Waals surface area contributed by atoms with Gasteiger partial charge in [-0.3, -0.25) is 4.90 Å². The Morgan fingerprint density at radius 3 is 2.44 bits per heavy atom. The lowest BCUT2D eigenvalue weighted by atomic mass is 10.1. The van der Waals surface area contributed by atoms with E-state index >= 15 is 0 Å². The van der Waals surface area contributed by atoms with Gasteiger partial charge in [0.15, 0.2) is 9.84 Å². The van der Waals surface area contributed by atoms with Gasteiger partial charge >= 0.3 is 6.03 Å². The molecule has 0 saturated carbocycles. The van der Waals surface area contributed by atoms with Crippen LogP contribution in [0, 0.1) is 11.6 Å². The summed E-state index contributed by atoms with van der Waals surface area (Å²) in [5.74, 6) is -1.59. The summed E-state index contributed by atoms with van der Waals surface area (Å²) in [5, 5.41) is 5.01. The lowest BCUT2D eigenvalue weighted by molar-refractivity contribution is 0.248. The lowest BCUT2D eigenvalue weighted by Crippen LogP contribution is -2.32. The van der Waals surface area contributed by atoms with Crippen LogP contribution >= 0.6 is 0 Å². The van der Waals surface area contributed by atoms with Gasteiger partial charge in [-0.15, -0.1) is 0 Å². The van der Waals surface area contributed by atoms with Gasteiger partial charge in [-0.2, -0.15) is 0 Å². The van der Waals surface area contributed by atoms with Crippen LogP contribution in [0.3, 0.4) is 0 Å². The molecule has 0 radical (unpaired) electrons. The molecule has 0 saturated heterocycles. The number of hydrogen-bond acceptors (Lipinski definition) is 5. The summed E-state index contributed by atoms with van der Waals surface area (Å²) in [6.07, 6.45) is 0. The van der Waals surface area contributed by atoms with E-state index in [-0.39, 0.29) is 27.6 Å². The second-order valence-electron chi connectivity index (χ2n) is 8.85. The molecule has 3 aromatic carbocycles. The zero-order valence-corrected chi connectivity index (χ0v) is 21.0. The molecule has 0 fully saturated rings. The van der Waals surface area contributed by atoms with Crippen LogP contribution in [0.2, 0.25) is 0 Å². The Labute approximate surface area is 209 Å². The SMILES string of the molecule is COc1cc(S(=O)(=O)Cc2ccc3c(c2)CN(C)C3)ccc1NC(=O)NC(C)c1c(F)cccc1F. The van der Waals surface area contributed by atoms with Crippen LogP contribution in [0.15, 0.2) is 59.5 Å². The first kappa shape index (κ1) is 25.6. The van der Waals surface area contributed by atoms with Gasteiger partial charge in [-0.25, -0.2) is 22.0 Å². The number of halogens is 2. The minimum absolute atomic E-state index is 0.0460. The third-order valence-electron chi connectivity index (χ3n) is 6.07. The predicted molar refractivity (Wildman–Crippen MR) is 132 cm³/mol. The number of rotatable bonds is 7. The minimum Gasteiger partial charge on any atom is -0.495 e. The van der Waals surface area contributed by atoms with E-state index in [1.807, 2.05) is 25.2 Å².